The first kappa shape index (κ1) is 16.2. The van der Waals surface area contributed by atoms with E-state index in [0.29, 0.717) is 6.54 Å². The van der Waals surface area contributed by atoms with Crippen molar-refractivity contribution in [1.82, 2.24) is 4.90 Å². The maximum atomic E-state index is 12.3. The van der Waals surface area contributed by atoms with Gasteiger partial charge in [-0.1, -0.05) is 51.8 Å². The monoisotopic (exact) mass is 365 g/mol. The highest BCUT2D eigenvalue weighted by Crippen LogP contribution is 2.21. The van der Waals surface area contributed by atoms with Gasteiger partial charge < -0.3 is 0 Å². The molecule has 0 saturated heterocycles. The third-order valence-corrected chi connectivity index (χ3v) is 4.35. The van der Waals surface area contributed by atoms with E-state index in [-0.39, 0.29) is 11.8 Å². The summed E-state index contributed by atoms with van der Waals surface area (Å²) in [6.07, 6.45) is 0. The molecule has 0 aliphatic carbocycles. The van der Waals surface area contributed by atoms with E-state index in [4.69, 9.17) is 11.6 Å². The van der Waals surface area contributed by atoms with Crippen LogP contribution in [0.1, 0.15) is 28.9 Å². The van der Waals surface area contributed by atoms with Crippen LogP contribution in [0.3, 0.4) is 0 Å². The van der Waals surface area contributed by atoms with Gasteiger partial charge in [0.25, 0.3) is 0 Å². The molecule has 1 atom stereocenters. The van der Waals surface area contributed by atoms with E-state index in [1.165, 1.54) is 0 Å². The molecule has 0 aliphatic rings. The lowest BCUT2D eigenvalue weighted by atomic mass is 10.1. The average molecular weight is 367 g/mol. The predicted octanol–water partition coefficient (Wildman–Crippen LogP) is 4.98. The summed E-state index contributed by atoms with van der Waals surface area (Å²) in [5, 5.41) is 0.722. The smallest absolute Gasteiger partial charge is 0.176 e. The number of benzene rings is 2. The van der Waals surface area contributed by atoms with E-state index in [9.17, 15) is 4.79 Å². The summed E-state index contributed by atoms with van der Waals surface area (Å²) in [6, 6.07) is 15.3. The summed E-state index contributed by atoms with van der Waals surface area (Å²) in [5.41, 5.74) is 1.87. The minimum absolute atomic E-state index is 0.116. The maximum Gasteiger partial charge on any atom is 0.176 e. The van der Waals surface area contributed by atoms with Crippen LogP contribution >= 0.6 is 27.5 Å². The van der Waals surface area contributed by atoms with Crippen LogP contribution in [-0.2, 0) is 0 Å². The number of hydrogen-bond donors (Lipinski definition) is 0. The van der Waals surface area contributed by atoms with Gasteiger partial charge >= 0.3 is 0 Å². The van der Waals surface area contributed by atoms with Gasteiger partial charge in [0.05, 0.1) is 6.54 Å². The number of carbonyl (C=O) groups is 1. The van der Waals surface area contributed by atoms with Crippen LogP contribution < -0.4 is 0 Å². The number of halogens is 2. The SMILES string of the molecule is CC(c1ccc(Cl)cc1)N(C)CC(=O)c1ccc(Br)cc1. The van der Waals surface area contributed by atoms with E-state index in [0.717, 1.165) is 20.6 Å². The Balaban J connectivity index is 2.03. The molecule has 0 heterocycles. The highest BCUT2D eigenvalue weighted by Gasteiger charge is 2.15. The fourth-order valence-corrected chi connectivity index (χ4v) is 2.48. The zero-order chi connectivity index (χ0) is 15.4. The number of carbonyl (C=O) groups excluding carboxylic acids is 1. The van der Waals surface area contributed by atoms with Gasteiger partial charge in [0.1, 0.15) is 0 Å². The lowest BCUT2D eigenvalue weighted by Crippen LogP contribution is -2.28. The Labute approximate surface area is 138 Å². The molecule has 110 valence electrons. The molecule has 2 nitrogen and oxygen atoms in total. The summed E-state index contributed by atoms with van der Waals surface area (Å²) < 4.78 is 0.974. The van der Waals surface area contributed by atoms with E-state index >= 15 is 0 Å². The van der Waals surface area contributed by atoms with Gasteiger partial charge in [0.2, 0.25) is 0 Å². The standard InChI is InChI=1S/C17H17BrClNO/c1-12(13-5-9-16(19)10-6-13)20(2)11-17(21)14-3-7-15(18)8-4-14/h3-10,12H,11H2,1-2H3. The van der Waals surface area contributed by atoms with Gasteiger partial charge in [-0.05, 0) is 43.8 Å². The molecule has 2 aromatic carbocycles. The normalized spacial score (nSPS) is 12.4. The van der Waals surface area contributed by atoms with Crippen molar-refractivity contribution in [3.8, 4) is 0 Å². The van der Waals surface area contributed by atoms with Crippen molar-refractivity contribution >= 4 is 33.3 Å². The minimum Gasteiger partial charge on any atom is -0.293 e. The quantitative estimate of drug-likeness (QED) is 0.696. The molecule has 1 unspecified atom stereocenters. The first-order valence-electron chi connectivity index (χ1n) is 6.72. The molecule has 0 radical (unpaired) electrons. The van der Waals surface area contributed by atoms with Crippen LogP contribution in [0.15, 0.2) is 53.0 Å². The van der Waals surface area contributed by atoms with Gasteiger partial charge in [-0.15, -0.1) is 0 Å². The summed E-state index contributed by atoms with van der Waals surface area (Å²) in [4.78, 5) is 14.3. The maximum absolute atomic E-state index is 12.3. The molecule has 0 amide bonds. The highest BCUT2D eigenvalue weighted by atomic mass is 79.9. The molecule has 21 heavy (non-hydrogen) atoms. The molecular weight excluding hydrogens is 350 g/mol. The molecule has 0 aromatic heterocycles. The Hall–Kier alpha value is -1.16. The number of ketones is 1. The Kier molecular flexibility index (Phi) is 5.57. The highest BCUT2D eigenvalue weighted by molar-refractivity contribution is 9.10. The number of nitrogens with zero attached hydrogens (tertiary/aromatic N) is 1. The summed E-state index contributed by atoms with van der Waals surface area (Å²) >= 11 is 9.27. The van der Waals surface area contributed by atoms with Crippen molar-refractivity contribution < 1.29 is 4.79 Å². The topological polar surface area (TPSA) is 20.3 Å². The number of Topliss-reactive ketones (excluding diaryl/α,β-unsaturated/α-hetero) is 1. The van der Waals surface area contributed by atoms with Gasteiger partial charge in [-0.25, -0.2) is 0 Å². The number of rotatable bonds is 5. The predicted molar refractivity (Wildman–Crippen MR) is 91.0 cm³/mol. The Morgan fingerprint density at radius 3 is 2.29 bits per heavy atom. The van der Waals surface area contributed by atoms with Gasteiger partial charge in [-0.3, -0.25) is 9.69 Å². The van der Waals surface area contributed by atoms with E-state index < -0.39 is 0 Å². The molecule has 0 spiro atoms. The lowest BCUT2D eigenvalue weighted by molar-refractivity contribution is 0.0925. The van der Waals surface area contributed by atoms with Gasteiger partial charge in [0.15, 0.2) is 5.78 Å². The lowest BCUT2D eigenvalue weighted by Gasteiger charge is -2.24. The van der Waals surface area contributed by atoms with Crippen molar-refractivity contribution in [3.05, 3.63) is 69.2 Å². The van der Waals surface area contributed by atoms with Crippen LogP contribution in [0, 0.1) is 0 Å². The number of likely N-dealkylation sites (N-methyl/N-ethyl adjacent to an activating group) is 1. The first-order valence-corrected chi connectivity index (χ1v) is 7.89. The first-order chi connectivity index (χ1) is 9.97. The zero-order valence-electron chi connectivity index (χ0n) is 12.0. The second-order valence-corrected chi connectivity index (χ2v) is 6.42. The third-order valence-electron chi connectivity index (χ3n) is 3.57. The van der Waals surface area contributed by atoms with Crippen LogP contribution in [0.2, 0.25) is 5.02 Å². The third kappa shape index (κ3) is 4.40. The van der Waals surface area contributed by atoms with E-state index in [1.54, 1.807) is 0 Å². The van der Waals surface area contributed by atoms with Crippen LogP contribution in [0.4, 0.5) is 0 Å². The van der Waals surface area contributed by atoms with Crippen molar-refractivity contribution in [2.24, 2.45) is 0 Å². The molecule has 0 N–H and O–H groups in total. The second-order valence-electron chi connectivity index (χ2n) is 5.07. The van der Waals surface area contributed by atoms with Gasteiger partial charge in [-0.2, -0.15) is 0 Å². The van der Waals surface area contributed by atoms with Crippen molar-refractivity contribution in [3.63, 3.8) is 0 Å². The van der Waals surface area contributed by atoms with Gasteiger partial charge in [0, 0.05) is 21.1 Å². The van der Waals surface area contributed by atoms with Crippen LogP contribution in [0.5, 0.6) is 0 Å². The van der Waals surface area contributed by atoms with Crippen molar-refractivity contribution in [2.75, 3.05) is 13.6 Å². The molecule has 0 fully saturated rings. The molecule has 2 aromatic rings. The van der Waals surface area contributed by atoms with Crippen molar-refractivity contribution in [1.29, 1.82) is 0 Å². The Bertz CT molecular complexity index is 610. The van der Waals surface area contributed by atoms with E-state index in [1.807, 2.05) is 60.5 Å². The minimum atomic E-state index is 0.116. The second kappa shape index (κ2) is 7.21. The van der Waals surface area contributed by atoms with Crippen molar-refractivity contribution in [2.45, 2.75) is 13.0 Å². The Morgan fingerprint density at radius 2 is 1.71 bits per heavy atom. The summed E-state index contributed by atoms with van der Waals surface area (Å²) in [5.74, 6) is 0.116. The summed E-state index contributed by atoms with van der Waals surface area (Å²) in [7, 11) is 1.95. The van der Waals surface area contributed by atoms with Crippen LogP contribution in [0.25, 0.3) is 0 Å². The fourth-order valence-electron chi connectivity index (χ4n) is 2.09. The molecular formula is C17H17BrClNO. The molecule has 0 bridgehead atoms. The fraction of sp³-hybridized carbons (Fsp3) is 0.235. The Morgan fingerprint density at radius 1 is 1.14 bits per heavy atom. The molecule has 2 rings (SSSR count). The zero-order valence-corrected chi connectivity index (χ0v) is 14.4. The number of hydrogen-bond acceptors (Lipinski definition) is 2. The largest absolute Gasteiger partial charge is 0.293 e. The van der Waals surface area contributed by atoms with E-state index in [2.05, 4.69) is 22.9 Å². The summed E-state index contributed by atoms with van der Waals surface area (Å²) in [6.45, 7) is 2.46. The molecule has 4 heteroatoms. The molecule has 0 saturated carbocycles. The average Bonchev–Trinajstić information content (AvgIpc) is 2.47. The van der Waals surface area contributed by atoms with Crippen LogP contribution in [-0.4, -0.2) is 24.3 Å². The molecule has 0 aliphatic heterocycles.